The number of aromatic nitrogens is 2. The van der Waals surface area contributed by atoms with Crippen LogP contribution in [0.4, 0.5) is 0 Å². The molecule has 0 radical (unpaired) electrons. The Morgan fingerprint density at radius 1 is 1.30 bits per heavy atom. The normalized spacial score (nSPS) is 12.7. The molecule has 2 aromatic rings. The average Bonchev–Trinajstić information content (AvgIpc) is 2.72. The van der Waals surface area contributed by atoms with Crippen molar-refractivity contribution in [2.24, 2.45) is 0 Å². The molecule has 4 heteroatoms. The van der Waals surface area contributed by atoms with Gasteiger partial charge in [0.1, 0.15) is 0 Å². The van der Waals surface area contributed by atoms with Gasteiger partial charge in [-0.05, 0) is 45.4 Å². The van der Waals surface area contributed by atoms with E-state index in [-0.39, 0.29) is 6.04 Å². The Balaban J connectivity index is 2.44. The van der Waals surface area contributed by atoms with Crippen molar-refractivity contribution in [2.45, 2.75) is 40.2 Å². The van der Waals surface area contributed by atoms with Gasteiger partial charge >= 0.3 is 0 Å². The van der Waals surface area contributed by atoms with Gasteiger partial charge in [0.05, 0.1) is 22.1 Å². The molecule has 1 heterocycles. The number of hydrogen-bond donors (Lipinski definition) is 1. The van der Waals surface area contributed by atoms with Gasteiger partial charge in [-0.15, -0.1) is 0 Å². The minimum absolute atomic E-state index is 0.286. The molecule has 1 atom stereocenters. The monoisotopic (exact) mass is 291 g/mol. The van der Waals surface area contributed by atoms with Crippen LogP contribution in [0.1, 0.15) is 43.3 Å². The lowest BCUT2D eigenvalue weighted by Crippen LogP contribution is -2.21. The van der Waals surface area contributed by atoms with Crippen LogP contribution in [0.15, 0.2) is 24.3 Å². The predicted octanol–water partition coefficient (Wildman–Crippen LogP) is 4.20. The summed E-state index contributed by atoms with van der Waals surface area (Å²) in [6.45, 7) is 9.30. The molecule has 108 valence electrons. The summed E-state index contributed by atoms with van der Waals surface area (Å²) < 4.78 is 1.94. The molecule has 0 aliphatic carbocycles. The molecule has 1 unspecified atom stereocenters. The summed E-state index contributed by atoms with van der Waals surface area (Å²) in [5.74, 6) is 0. The van der Waals surface area contributed by atoms with E-state index in [1.54, 1.807) is 0 Å². The van der Waals surface area contributed by atoms with Gasteiger partial charge in [0.15, 0.2) is 0 Å². The van der Waals surface area contributed by atoms with Crippen LogP contribution in [0.5, 0.6) is 0 Å². The fraction of sp³-hybridized carbons (Fsp3) is 0.438. The highest BCUT2D eigenvalue weighted by atomic mass is 35.5. The quantitative estimate of drug-likeness (QED) is 0.894. The highest BCUT2D eigenvalue weighted by Crippen LogP contribution is 2.26. The van der Waals surface area contributed by atoms with Crippen molar-refractivity contribution in [2.75, 3.05) is 6.54 Å². The van der Waals surface area contributed by atoms with Crippen LogP contribution in [0.25, 0.3) is 5.69 Å². The molecular formula is C16H22ClN3. The maximum absolute atomic E-state index is 6.26. The van der Waals surface area contributed by atoms with Crippen molar-refractivity contribution in [3.63, 3.8) is 0 Å². The van der Waals surface area contributed by atoms with E-state index in [4.69, 9.17) is 11.6 Å². The maximum atomic E-state index is 6.26. The van der Waals surface area contributed by atoms with Gasteiger partial charge in [-0.3, -0.25) is 0 Å². The zero-order valence-corrected chi connectivity index (χ0v) is 13.3. The van der Waals surface area contributed by atoms with Crippen LogP contribution < -0.4 is 5.32 Å². The molecule has 0 fully saturated rings. The topological polar surface area (TPSA) is 29.9 Å². The van der Waals surface area contributed by atoms with E-state index in [0.717, 1.165) is 35.1 Å². The third-order valence-electron chi connectivity index (χ3n) is 3.53. The van der Waals surface area contributed by atoms with Crippen LogP contribution in [0, 0.1) is 13.8 Å². The van der Waals surface area contributed by atoms with Gasteiger partial charge in [-0.1, -0.05) is 36.7 Å². The Labute approximate surface area is 126 Å². The van der Waals surface area contributed by atoms with Crippen molar-refractivity contribution >= 4 is 11.6 Å². The molecule has 0 amide bonds. The van der Waals surface area contributed by atoms with Crippen LogP contribution in [0.3, 0.4) is 0 Å². The third-order valence-corrected chi connectivity index (χ3v) is 4.08. The largest absolute Gasteiger partial charge is 0.310 e. The highest BCUT2D eigenvalue weighted by Gasteiger charge is 2.16. The third kappa shape index (κ3) is 2.89. The number of nitrogens with zero attached hydrogens (tertiary/aromatic N) is 2. The Bertz CT molecular complexity index is 589. The van der Waals surface area contributed by atoms with Gasteiger partial charge in [-0.2, -0.15) is 5.10 Å². The molecule has 0 saturated heterocycles. The van der Waals surface area contributed by atoms with E-state index in [1.807, 2.05) is 24.6 Å². The lowest BCUT2D eigenvalue weighted by atomic mass is 10.1. The van der Waals surface area contributed by atoms with E-state index in [9.17, 15) is 0 Å². The fourth-order valence-corrected chi connectivity index (χ4v) is 2.49. The van der Waals surface area contributed by atoms with Crippen molar-refractivity contribution in [1.29, 1.82) is 0 Å². The van der Waals surface area contributed by atoms with Crippen LogP contribution in [-0.2, 0) is 0 Å². The van der Waals surface area contributed by atoms with E-state index >= 15 is 0 Å². The minimum atomic E-state index is 0.286. The van der Waals surface area contributed by atoms with Gasteiger partial charge in [0.2, 0.25) is 0 Å². The Morgan fingerprint density at radius 2 is 2.00 bits per heavy atom. The van der Waals surface area contributed by atoms with Crippen LogP contribution in [0.2, 0.25) is 5.02 Å². The lowest BCUT2D eigenvalue weighted by molar-refractivity contribution is 0.566. The zero-order chi connectivity index (χ0) is 14.7. The first-order chi connectivity index (χ1) is 9.56. The molecule has 0 spiro atoms. The number of nitrogens with one attached hydrogen (secondary N) is 1. The highest BCUT2D eigenvalue weighted by molar-refractivity contribution is 6.31. The van der Waals surface area contributed by atoms with Gasteiger partial charge < -0.3 is 5.32 Å². The Morgan fingerprint density at radius 3 is 2.60 bits per heavy atom. The lowest BCUT2D eigenvalue weighted by Gasteiger charge is -2.18. The number of halogens is 1. The predicted molar refractivity (Wildman–Crippen MR) is 84.8 cm³/mol. The molecular weight excluding hydrogens is 270 g/mol. The molecule has 1 aromatic heterocycles. The summed E-state index contributed by atoms with van der Waals surface area (Å²) in [7, 11) is 0. The summed E-state index contributed by atoms with van der Waals surface area (Å²) in [6, 6.07) is 8.63. The average molecular weight is 292 g/mol. The zero-order valence-electron chi connectivity index (χ0n) is 12.6. The van der Waals surface area contributed by atoms with Crippen molar-refractivity contribution in [1.82, 2.24) is 15.1 Å². The summed E-state index contributed by atoms with van der Waals surface area (Å²) in [6.07, 6.45) is 1.12. The maximum Gasteiger partial charge on any atom is 0.0848 e. The number of benzene rings is 1. The second-order valence-electron chi connectivity index (χ2n) is 5.13. The SMILES string of the molecule is CCCNC(C)c1ccccc1-n1nc(C)c(Cl)c1C. The summed E-state index contributed by atoms with van der Waals surface area (Å²) in [5, 5.41) is 8.83. The number of rotatable bonds is 5. The van der Waals surface area contributed by atoms with Gasteiger partial charge in [-0.25, -0.2) is 4.68 Å². The standard InChI is InChI=1S/C16H22ClN3/c1-5-10-18-11(2)14-8-6-7-9-15(14)20-13(4)16(17)12(3)19-20/h6-9,11,18H,5,10H2,1-4H3. The Hall–Kier alpha value is -1.32. The second-order valence-corrected chi connectivity index (χ2v) is 5.51. The molecule has 0 aliphatic heterocycles. The van der Waals surface area contributed by atoms with Gasteiger partial charge in [0.25, 0.3) is 0 Å². The van der Waals surface area contributed by atoms with Crippen LogP contribution >= 0.6 is 11.6 Å². The van der Waals surface area contributed by atoms with Crippen molar-refractivity contribution in [3.8, 4) is 5.69 Å². The number of hydrogen-bond acceptors (Lipinski definition) is 2. The van der Waals surface area contributed by atoms with Crippen LogP contribution in [-0.4, -0.2) is 16.3 Å². The van der Waals surface area contributed by atoms with E-state index in [2.05, 4.69) is 42.5 Å². The first kappa shape index (κ1) is 15.1. The van der Waals surface area contributed by atoms with E-state index in [1.165, 1.54) is 5.56 Å². The molecule has 20 heavy (non-hydrogen) atoms. The number of aryl methyl sites for hydroxylation is 1. The molecule has 0 aliphatic rings. The molecule has 3 nitrogen and oxygen atoms in total. The summed E-state index contributed by atoms with van der Waals surface area (Å²) in [4.78, 5) is 0. The minimum Gasteiger partial charge on any atom is -0.310 e. The van der Waals surface area contributed by atoms with Gasteiger partial charge in [0, 0.05) is 6.04 Å². The molecule has 2 rings (SSSR count). The summed E-state index contributed by atoms with van der Waals surface area (Å²) in [5.41, 5.74) is 4.19. The molecule has 1 aromatic carbocycles. The van der Waals surface area contributed by atoms with Crippen molar-refractivity contribution in [3.05, 3.63) is 46.2 Å². The first-order valence-electron chi connectivity index (χ1n) is 7.10. The second kappa shape index (κ2) is 6.42. The molecule has 1 N–H and O–H groups in total. The van der Waals surface area contributed by atoms with E-state index in [0.29, 0.717) is 0 Å². The summed E-state index contributed by atoms with van der Waals surface area (Å²) >= 11 is 6.26. The Kier molecular flexibility index (Phi) is 4.84. The van der Waals surface area contributed by atoms with E-state index < -0.39 is 0 Å². The molecule has 0 saturated carbocycles. The fourth-order valence-electron chi connectivity index (χ4n) is 2.38. The smallest absolute Gasteiger partial charge is 0.0848 e. The van der Waals surface area contributed by atoms with Crippen molar-refractivity contribution < 1.29 is 0 Å². The first-order valence-corrected chi connectivity index (χ1v) is 7.48. The number of para-hydroxylation sites is 1. The molecule has 0 bridgehead atoms.